The number of aryl methyl sites for hydroxylation is 1. The van der Waals surface area contributed by atoms with Crippen LogP contribution in [0.15, 0.2) is 6.07 Å². The Bertz CT molecular complexity index is 267. The molecule has 2 N–H and O–H groups in total. The fraction of sp³-hybridized carbons (Fsp3) is 0.167. The summed E-state index contributed by atoms with van der Waals surface area (Å²) < 4.78 is 0. The van der Waals surface area contributed by atoms with Gasteiger partial charge in [0.1, 0.15) is 0 Å². The van der Waals surface area contributed by atoms with Crippen molar-refractivity contribution < 1.29 is 9.90 Å². The maximum Gasteiger partial charge on any atom is 0.0866 e. The molecule has 1 aromatic rings. The SMILES string of the molecule is Cc1cc(N)sc1C(=O)[O-]. The lowest BCUT2D eigenvalue weighted by Gasteiger charge is -1.96. The maximum absolute atomic E-state index is 10.3. The third-order valence-corrected chi connectivity index (χ3v) is 2.17. The van der Waals surface area contributed by atoms with E-state index in [1.165, 1.54) is 0 Å². The maximum atomic E-state index is 10.3. The molecule has 1 rings (SSSR count). The van der Waals surface area contributed by atoms with Crippen LogP contribution >= 0.6 is 11.3 Å². The van der Waals surface area contributed by atoms with E-state index < -0.39 is 5.97 Å². The average Bonchev–Trinajstić information content (AvgIpc) is 2.10. The first-order valence-corrected chi connectivity index (χ1v) is 3.50. The van der Waals surface area contributed by atoms with E-state index in [2.05, 4.69) is 0 Å². The highest BCUT2D eigenvalue weighted by molar-refractivity contribution is 7.17. The van der Waals surface area contributed by atoms with Crippen molar-refractivity contribution in [3.05, 3.63) is 16.5 Å². The highest BCUT2D eigenvalue weighted by Crippen LogP contribution is 2.22. The van der Waals surface area contributed by atoms with E-state index in [4.69, 9.17) is 5.73 Å². The number of carbonyl (C=O) groups is 1. The van der Waals surface area contributed by atoms with Gasteiger partial charge in [-0.25, -0.2) is 0 Å². The molecule has 0 atom stereocenters. The number of carboxylic acids is 1. The molecular formula is C6H6NO2S-. The molecular weight excluding hydrogens is 150 g/mol. The standard InChI is InChI=1S/C6H7NO2S/c1-3-2-4(7)10-5(3)6(8)9/h2H,7H2,1H3,(H,8,9)/p-1. The zero-order chi connectivity index (χ0) is 7.72. The lowest BCUT2D eigenvalue weighted by molar-refractivity contribution is -0.254. The Kier molecular flexibility index (Phi) is 1.63. The molecule has 10 heavy (non-hydrogen) atoms. The van der Waals surface area contributed by atoms with E-state index in [0.717, 1.165) is 11.3 Å². The molecule has 0 bridgehead atoms. The molecule has 0 aromatic carbocycles. The number of carbonyl (C=O) groups excluding carboxylic acids is 1. The van der Waals surface area contributed by atoms with Crippen LogP contribution < -0.4 is 10.8 Å². The van der Waals surface area contributed by atoms with Gasteiger partial charge in [-0.05, 0) is 18.6 Å². The Morgan fingerprint density at radius 2 is 2.40 bits per heavy atom. The first kappa shape index (κ1) is 7.08. The Hall–Kier alpha value is -1.03. The lowest BCUT2D eigenvalue weighted by atomic mass is 10.3. The van der Waals surface area contributed by atoms with Gasteiger partial charge in [0.25, 0.3) is 0 Å². The van der Waals surface area contributed by atoms with Crippen molar-refractivity contribution in [1.29, 1.82) is 0 Å². The first-order chi connectivity index (χ1) is 4.61. The molecule has 0 unspecified atom stereocenters. The van der Waals surface area contributed by atoms with E-state index in [1.54, 1.807) is 13.0 Å². The van der Waals surface area contributed by atoms with Crippen molar-refractivity contribution >= 4 is 22.3 Å². The molecule has 0 aliphatic carbocycles. The molecule has 3 nitrogen and oxygen atoms in total. The van der Waals surface area contributed by atoms with Crippen molar-refractivity contribution in [3.63, 3.8) is 0 Å². The first-order valence-electron chi connectivity index (χ1n) is 2.68. The number of thiophene rings is 1. The molecule has 1 heterocycles. The van der Waals surface area contributed by atoms with Gasteiger partial charge in [-0.1, -0.05) is 0 Å². The number of hydrogen-bond donors (Lipinski definition) is 1. The Morgan fingerprint density at radius 1 is 1.80 bits per heavy atom. The monoisotopic (exact) mass is 156 g/mol. The molecule has 0 aliphatic rings. The molecule has 1 aromatic heterocycles. The minimum atomic E-state index is -1.15. The number of carboxylic acid groups (broad SMARTS) is 1. The van der Waals surface area contributed by atoms with Crippen LogP contribution in [-0.4, -0.2) is 5.97 Å². The quantitative estimate of drug-likeness (QED) is 0.622. The van der Waals surface area contributed by atoms with Gasteiger partial charge < -0.3 is 15.6 Å². The van der Waals surface area contributed by atoms with Crippen LogP contribution in [0.5, 0.6) is 0 Å². The third kappa shape index (κ3) is 1.11. The van der Waals surface area contributed by atoms with Crippen LogP contribution in [-0.2, 0) is 0 Å². The van der Waals surface area contributed by atoms with Crippen LogP contribution in [0.25, 0.3) is 0 Å². The molecule has 4 heteroatoms. The molecule has 0 saturated carbocycles. The molecule has 0 radical (unpaired) electrons. The highest BCUT2D eigenvalue weighted by atomic mass is 32.1. The van der Waals surface area contributed by atoms with Crippen LogP contribution in [0.1, 0.15) is 15.2 Å². The second kappa shape index (κ2) is 2.30. The summed E-state index contributed by atoms with van der Waals surface area (Å²) in [6, 6.07) is 1.62. The third-order valence-electron chi connectivity index (χ3n) is 1.12. The van der Waals surface area contributed by atoms with E-state index in [1.807, 2.05) is 0 Å². The smallest absolute Gasteiger partial charge is 0.0866 e. The zero-order valence-electron chi connectivity index (χ0n) is 5.38. The van der Waals surface area contributed by atoms with Gasteiger partial charge >= 0.3 is 0 Å². The largest absolute Gasteiger partial charge is 0.544 e. The van der Waals surface area contributed by atoms with Crippen molar-refractivity contribution in [2.45, 2.75) is 6.92 Å². The summed E-state index contributed by atoms with van der Waals surface area (Å²) in [5.74, 6) is -1.15. The molecule has 0 saturated heterocycles. The Balaban J connectivity index is 3.15. The number of hydrogen-bond acceptors (Lipinski definition) is 4. The van der Waals surface area contributed by atoms with Gasteiger partial charge in [-0.15, -0.1) is 11.3 Å². The fourth-order valence-corrected chi connectivity index (χ4v) is 1.48. The van der Waals surface area contributed by atoms with Gasteiger partial charge in [-0.2, -0.15) is 0 Å². The van der Waals surface area contributed by atoms with Gasteiger partial charge in [0, 0.05) is 0 Å². The summed E-state index contributed by atoms with van der Waals surface area (Å²) in [5, 5.41) is 10.8. The fourth-order valence-electron chi connectivity index (χ4n) is 0.709. The molecule has 0 aliphatic heterocycles. The van der Waals surface area contributed by atoms with Crippen molar-refractivity contribution in [2.75, 3.05) is 5.73 Å². The average molecular weight is 156 g/mol. The highest BCUT2D eigenvalue weighted by Gasteiger charge is 2.02. The Labute approximate surface area is 62.1 Å². The minimum Gasteiger partial charge on any atom is -0.544 e. The summed E-state index contributed by atoms with van der Waals surface area (Å²) in [6.45, 7) is 1.69. The topological polar surface area (TPSA) is 66.2 Å². The number of aromatic carboxylic acids is 1. The van der Waals surface area contributed by atoms with E-state index in [0.29, 0.717) is 10.6 Å². The minimum absolute atomic E-state index is 0.220. The molecule has 0 spiro atoms. The van der Waals surface area contributed by atoms with E-state index >= 15 is 0 Å². The second-order valence-electron chi connectivity index (χ2n) is 1.95. The molecule has 0 fully saturated rings. The molecule has 54 valence electrons. The second-order valence-corrected chi connectivity index (χ2v) is 3.03. The predicted molar refractivity (Wildman–Crippen MR) is 37.8 cm³/mol. The van der Waals surface area contributed by atoms with E-state index in [9.17, 15) is 9.90 Å². The normalized spacial score (nSPS) is 9.70. The summed E-state index contributed by atoms with van der Waals surface area (Å²) in [4.78, 5) is 10.5. The van der Waals surface area contributed by atoms with Gasteiger partial charge in [0.15, 0.2) is 0 Å². The number of anilines is 1. The van der Waals surface area contributed by atoms with Crippen molar-refractivity contribution in [1.82, 2.24) is 0 Å². The lowest BCUT2D eigenvalue weighted by Crippen LogP contribution is -2.21. The Morgan fingerprint density at radius 3 is 2.60 bits per heavy atom. The summed E-state index contributed by atoms with van der Waals surface area (Å²) in [7, 11) is 0. The zero-order valence-corrected chi connectivity index (χ0v) is 6.20. The van der Waals surface area contributed by atoms with Gasteiger partial charge in [0.2, 0.25) is 0 Å². The van der Waals surface area contributed by atoms with Crippen LogP contribution in [0.3, 0.4) is 0 Å². The number of rotatable bonds is 1. The van der Waals surface area contributed by atoms with Crippen LogP contribution in [0.2, 0.25) is 0 Å². The van der Waals surface area contributed by atoms with E-state index in [-0.39, 0.29) is 4.88 Å². The summed E-state index contributed by atoms with van der Waals surface area (Å²) in [6.07, 6.45) is 0. The summed E-state index contributed by atoms with van der Waals surface area (Å²) in [5.41, 5.74) is 6.01. The number of nitrogen functional groups attached to an aromatic ring is 1. The van der Waals surface area contributed by atoms with Gasteiger partial charge in [-0.3, -0.25) is 0 Å². The van der Waals surface area contributed by atoms with Crippen molar-refractivity contribution in [3.8, 4) is 0 Å². The van der Waals surface area contributed by atoms with Crippen LogP contribution in [0.4, 0.5) is 5.00 Å². The van der Waals surface area contributed by atoms with Crippen LogP contribution in [0, 0.1) is 6.92 Å². The van der Waals surface area contributed by atoms with Crippen molar-refractivity contribution in [2.24, 2.45) is 0 Å². The predicted octanol–water partition coefficient (Wildman–Crippen LogP) is 0.00222. The summed E-state index contributed by atoms with van der Waals surface area (Å²) >= 11 is 1.04. The van der Waals surface area contributed by atoms with Gasteiger partial charge in [0.05, 0.1) is 15.8 Å². The number of nitrogens with two attached hydrogens (primary N) is 1. The molecule has 0 amide bonds.